The Hall–Kier alpha value is -0.0800. The van der Waals surface area contributed by atoms with E-state index in [1.807, 2.05) is 0 Å². The maximum Gasteiger partial charge on any atom is 0.0895 e. The van der Waals surface area contributed by atoms with Gasteiger partial charge in [-0.3, -0.25) is 0 Å². The Labute approximate surface area is 106 Å². The third-order valence-corrected chi connectivity index (χ3v) is 5.08. The van der Waals surface area contributed by atoms with Crippen molar-refractivity contribution in [1.29, 1.82) is 0 Å². The minimum absolute atomic E-state index is 0.282. The van der Waals surface area contributed by atoms with Gasteiger partial charge in [-0.2, -0.15) is 0 Å². The van der Waals surface area contributed by atoms with Gasteiger partial charge in [0, 0.05) is 11.8 Å². The molecule has 2 nitrogen and oxygen atoms in total. The lowest BCUT2D eigenvalue weighted by molar-refractivity contribution is 0.0170. The largest absolute Gasteiger partial charge is 0.375 e. The van der Waals surface area contributed by atoms with Gasteiger partial charge in [0.15, 0.2) is 0 Å². The molecule has 2 fully saturated rings. The molecule has 4 atom stereocenters. The highest BCUT2D eigenvalue weighted by Crippen LogP contribution is 2.48. The van der Waals surface area contributed by atoms with Crippen molar-refractivity contribution < 1.29 is 9.47 Å². The highest BCUT2D eigenvalue weighted by Gasteiger charge is 2.54. The number of rotatable bonds is 2. The predicted octanol–water partition coefficient (Wildman–Crippen LogP) is 3.50. The Morgan fingerprint density at radius 1 is 0.882 bits per heavy atom. The van der Waals surface area contributed by atoms with Crippen molar-refractivity contribution in [1.82, 2.24) is 0 Å². The van der Waals surface area contributed by atoms with E-state index in [1.165, 1.54) is 6.42 Å². The van der Waals surface area contributed by atoms with Crippen molar-refractivity contribution in [2.24, 2.45) is 22.7 Å². The molecule has 0 aromatic rings. The molecule has 2 aliphatic heterocycles. The van der Waals surface area contributed by atoms with E-state index in [0.717, 1.165) is 13.2 Å². The number of ether oxygens (including phenoxy) is 2. The molecule has 4 unspecified atom stereocenters. The van der Waals surface area contributed by atoms with E-state index in [1.54, 1.807) is 0 Å². The van der Waals surface area contributed by atoms with Gasteiger partial charge in [0.2, 0.25) is 0 Å². The lowest BCUT2D eigenvalue weighted by Gasteiger charge is -2.32. The molecule has 0 aromatic carbocycles. The van der Waals surface area contributed by atoms with Gasteiger partial charge in [0.1, 0.15) is 0 Å². The molecule has 2 saturated heterocycles. The van der Waals surface area contributed by atoms with Gasteiger partial charge in [0.25, 0.3) is 0 Å². The van der Waals surface area contributed by atoms with Gasteiger partial charge in [-0.05, 0) is 10.8 Å². The Bertz CT molecular complexity index is 277. The first-order valence-corrected chi connectivity index (χ1v) is 7.00. The van der Waals surface area contributed by atoms with Gasteiger partial charge < -0.3 is 9.47 Å². The number of hydrogen-bond donors (Lipinski definition) is 0. The zero-order chi connectivity index (χ0) is 12.8. The van der Waals surface area contributed by atoms with Crippen LogP contribution in [0.1, 0.15) is 48.0 Å². The third-order valence-electron chi connectivity index (χ3n) is 5.08. The van der Waals surface area contributed by atoms with E-state index in [-0.39, 0.29) is 5.41 Å². The van der Waals surface area contributed by atoms with Crippen molar-refractivity contribution in [3.05, 3.63) is 0 Å². The molecule has 0 aliphatic carbocycles. The molecule has 2 aliphatic rings. The van der Waals surface area contributed by atoms with Crippen molar-refractivity contribution >= 4 is 0 Å². The lowest BCUT2D eigenvalue weighted by atomic mass is 9.71. The van der Waals surface area contributed by atoms with Crippen LogP contribution in [0.15, 0.2) is 0 Å². The smallest absolute Gasteiger partial charge is 0.0895 e. The second-order valence-electron chi connectivity index (χ2n) is 7.52. The summed E-state index contributed by atoms with van der Waals surface area (Å²) in [5.41, 5.74) is 0.608. The van der Waals surface area contributed by atoms with Gasteiger partial charge in [0.05, 0.1) is 25.4 Å². The second-order valence-corrected chi connectivity index (χ2v) is 7.52. The summed E-state index contributed by atoms with van der Waals surface area (Å²) in [5.74, 6) is 1.11. The van der Waals surface area contributed by atoms with Crippen molar-refractivity contribution in [3.63, 3.8) is 0 Å². The minimum atomic E-state index is 0.282. The summed E-state index contributed by atoms with van der Waals surface area (Å²) in [6.45, 7) is 15.6. The van der Waals surface area contributed by atoms with E-state index in [2.05, 4.69) is 41.5 Å². The maximum atomic E-state index is 6.09. The van der Waals surface area contributed by atoms with Gasteiger partial charge in [-0.1, -0.05) is 48.0 Å². The van der Waals surface area contributed by atoms with Crippen LogP contribution >= 0.6 is 0 Å². The summed E-state index contributed by atoms with van der Waals surface area (Å²) < 4.78 is 12.2. The van der Waals surface area contributed by atoms with Crippen LogP contribution in [0, 0.1) is 22.7 Å². The quantitative estimate of drug-likeness (QED) is 0.735. The molecule has 0 spiro atoms. The van der Waals surface area contributed by atoms with Crippen LogP contribution in [0.3, 0.4) is 0 Å². The molecule has 0 radical (unpaired) electrons. The van der Waals surface area contributed by atoms with Gasteiger partial charge in [-0.25, -0.2) is 0 Å². The number of fused-ring (bicyclic) bond motifs is 1. The monoisotopic (exact) mass is 240 g/mol. The van der Waals surface area contributed by atoms with Crippen LogP contribution in [0.2, 0.25) is 0 Å². The zero-order valence-corrected chi connectivity index (χ0v) is 12.2. The molecule has 0 aromatic heterocycles. The molecule has 2 heterocycles. The maximum absolute atomic E-state index is 6.09. The summed E-state index contributed by atoms with van der Waals surface area (Å²) in [6, 6.07) is 0. The SMILES string of the molecule is CCC(C)(C)C1COC2C1OCC2C(C)(C)C. The average molecular weight is 240 g/mol. The Balaban J connectivity index is 2.12. The molecule has 2 rings (SSSR count). The van der Waals surface area contributed by atoms with E-state index >= 15 is 0 Å². The Morgan fingerprint density at radius 2 is 1.35 bits per heavy atom. The van der Waals surface area contributed by atoms with Crippen LogP contribution in [-0.2, 0) is 9.47 Å². The fourth-order valence-electron chi connectivity index (χ4n) is 3.17. The van der Waals surface area contributed by atoms with Crippen molar-refractivity contribution in [2.45, 2.75) is 60.2 Å². The summed E-state index contributed by atoms with van der Waals surface area (Å²) in [4.78, 5) is 0. The first kappa shape index (κ1) is 13.4. The van der Waals surface area contributed by atoms with Gasteiger partial charge >= 0.3 is 0 Å². The molecular formula is C15H28O2. The molecule has 2 heteroatoms. The van der Waals surface area contributed by atoms with E-state index in [9.17, 15) is 0 Å². The number of hydrogen-bond acceptors (Lipinski definition) is 2. The van der Waals surface area contributed by atoms with E-state index in [4.69, 9.17) is 9.47 Å². The fraction of sp³-hybridized carbons (Fsp3) is 1.00. The predicted molar refractivity (Wildman–Crippen MR) is 70.0 cm³/mol. The molecule has 0 amide bonds. The second kappa shape index (κ2) is 4.24. The molecule has 100 valence electrons. The van der Waals surface area contributed by atoms with E-state index < -0.39 is 0 Å². The normalized spacial score (nSPS) is 38.5. The summed E-state index contributed by atoms with van der Waals surface area (Å²) in [7, 11) is 0. The van der Waals surface area contributed by atoms with Crippen LogP contribution < -0.4 is 0 Å². The highest BCUT2D eigenvalue weighted by atomic mass is 16.6. The molecule has 17 heavy (non-hydrogen) atoms. The molecule has 0 bridgehead atoms. The highest BCUT2D eigenvalue weighted by molar-refractivity contribution is 5.01. The van der Waals surface area contributed by atoms with Crippen LogP contribution in [0.25, 0.3) is 0 Å². The van der Waals surface area contributed by atoms with Gasteiger partial charge in [-0.15, -0.1) is 0 Å². The summed E-state index contributed by atoms with van der Waals surface area (Å²) in [6.07, 6.45) is 1.84. The van der Waals surface area contributed by atoms with Crippen LogP contribution in [-0.4, -0.2) is 25.4 Å². The first-order chi connectivity index (χ1) is 7.77. The lowest BCUT2D eigenvalue weighted by Crippen LogP contribution is -2.37. The first-order valence-electron chi connectivity index (χ1n) is 7.00. The minimum Gasteiger partial charge on any atom is -0.375 e. The summed E-state index contributed by atoms with van der Waals surface area (Å²) >= 11 is 0. The van der Waals surface area contributed by atoms with E-state index in [0.29, 0.717) is 29.5 Å². The topological polar surface area (TPSA) is 18.5 Å². The Kier molecular flexibility index (Phi) is 3.33. The standard InChI is InChI=1S/C15H28O2/c1-7-15(5,6)11-9-17-12-10(14(2,3)4)8-16-13(11)12/h10-13H,7-9H2,1-6H3. The molecule has 0 saturated carbocycles. The zero-order valence-electron chi connectivity index (χ0n) is 12.2. The molecular weight excluding hydrogens is 212 g/mol. The van der Waals surface area contributed by atoms with Crippen LogP contribution in [0.4, 0.5) is 0 Å². The Morgan fingerprint density at radius 3 is 1.82 bits per heavy atom. The van der Waals surface area contributed by atoms with Crippen LogP contribution in [0.5, 0.6) is 0 Å². The fourth-order valence-corrected chi connectivity index (χ4v) is 3.17. The average Bonchev–Trinajstić information content (AvgIpc) is 2.74. The van der Waals surface area contributed by atoms with Crippen molar-refractivity contribution in [3.8, 4) is 0 Å². The third kappa shape index (κ3) is 2.26. The summed E-state index contributed by atoms with van der Waals surface area (Å²) in [5, 5.41) is 0. The molecule has 0 N–H and O–H groups in total. The van der Waals surface area contributed by atoms with Crippen molar-refractivity contribution in [2.75, 3.05) is 13.2 Å².